The van der Waals surface area contributed by atoms with E-state index in [9.17, 15) is 4.39 Å². The predicted molar refractivity (Wildman–Crippen MR) is 111 cm³/mol. The van der Waals surface area contributed by atoms with Crippen LogP contribution < -0.4 is 15.4 Å². The Bertz CT molecular complexity index is 679. The van der Waals surface area contributed by atoms with Gasteiger partial charge in [0, 0.05) is 18.7 Å². The van der Waals surface area contributed by atoms with Crippen LogP contribution in [-0.4, -0.2) is 26.2 Å². The highest BCUT2D eigenvalue weighted by Gasteiger charge is 2.04. The zero-order valence-electron chi connectivity index (χ0n) is 14.6. The number of para-hydroxylation sites is 1. The summed E-state index contributed by atoms with van der Waals surface area (Å²) in [5, 5.41) is 6.43. The number of nitrogens with one attached hydrogen (secondary N) is 2. The maximum absolute atomic E-state index is 13.6. The number of aliphatic imine (C=N–C) groups is 1. The molecule has 0 unspecified atom stereocenters. The lowest BCUT2D eigenvalue weighted by Gasteiger charge is -2.12. The molecule has 0 bridgehead atoms. The van der Waals surface area contributed by atoms with Crippen molar-refractivity contribution in [3.8, 4) is 5.75 Å². The van der Waals surface area contributed by atoms with Gasteiger partial charge in [-0.3, -0.25) is 0 Å². The number of halogens is 2. The molecular weight excluding hydrogens is 432 g/mol. The SMILES string of the molecule is CCNC(=NCc1ccccc1OC)NCCc1ccccc1F.I. The normalized spacial score (nSPS) is 10.8. The number of guanidine groups is 1. The summed E-state index contributed by atoms with van der Waals surface area (Å²) in [6.45, 7) is 3.90. The first kappa shape index (κ1) is 21.2. The number of rotatable bonds is 7. The average molecular weight is 457 g/mol. The standard InChI is InChI=1S/C19H24FN3O.HI/c1-3-21-19(22-13-12-15-8-4-6-10-17(15)20)23-14-16-9-5-7-11-18(16)24-2;/h4-11H,3,12-14H2,1-2H3,(H2,21,22,23);1H. The molecule has 6 heteroatoms. The minimum absolute atomic E-state index is 0. The zero-order chi connectivity index (χ0) is 17.2. The van der Waals surface area contributed by atoms with Crippen molar-refractivity contribution in [2.75, 3.05) is 20.2 Å². The Kier molecular flexibility index (Phi) is 9.91. The highest BCUT2D eigenvalue weighted by Crippen LogP contribution is 2.17. The summed E-state index contributed by atoms with van der Waals surface area (Å²) < 4.78 is 19.0. The lowest BCUT2D eigenvalue weighted by molar-refractivity contribution is 0.410. The summed E-state index contributed by atoms with van der Waals surface area (Å²) in [6.07, 6.45) is 0.603. The third kappa shape index (κ3) is 6.89. The second-order valence-corrected chi connectivity index (χ2v) is 5.28. The van der Waals surface area contributed by atoms with Crippen LogP contribution in [0.25, 0.3) is 0 Å². The molecule has 0 aliphatic carbocycles. The molecule has 0 heterocycles. The summed E-state index contributed by atoms with van der Waals surface area (Å²) >= 11 is 0. The Hall–Kier alpha value is -1.83. The molecule has 0 aliphatic rings. The van der Waals surface area contributed by atoms with Crippen molar-refractivity contribution in [3.63, 3.8) is 0 Å². The van der Waals surface area contributed by atoms with Crippen LogP contribution >= 0.6 is 24.0 Å². The van der Waals surface area contributed by atoms with Gasteiger partial charge in [0.15, 0.2) is 5.96 Å². The molecule has 0 amide bonds. The van der Waals surface area contributed by atoms with Gasteiger partial charge < -0.3 is 15.4 Å². The van der Waals surface area contributed by atoms with Crippen LogP contribution in [0.1, 0.15) is 18.1 Å². The molecule has 0 fully saturated rings. The first-order valence-electron chi connectivity index (χ1n) is 8.12. The zero-order valence-corrected chi connectivity index (χ0v) is 16.9. The van der Waals surface area contributed by atoms with Crippen LogP contribution in [0.2, 0.25) is 0 Å². The quantitative estimate of drug-likeness (QED) is 0.378. The van der Waals surface area contributed by atoms with E-state index in [0.29, 0.717) is 31.0 Å². The van der Waals surface area contributed by atoms with E-state index in [4.69, 9.17) is 4.74 Å². The topological polar surface area (TPSA) is 45.7 Å². The maximum Gasteiger partial charge on any atom is 0.191 e. The van der Waals surface area contributed by atoms with E-state index < -0.39 is 0 Å². The Labute approximate surface area is 165 Å². The number of benzene rings is 2. The molecule has 0 atom stereocenters. The first-order chi connectivity index (χ1) is 11.7. The molecule has 4 nitrogen and oxygen atoms in total. The van der Waals surface area contributed by atoms with Gasteiger partial charge in [-0.05, 0) is 31.0 Å². The van der Waals surface area contributed by atoms with Crippen LogP contribution in [0, 0.1) is 5.82 Å². The maximum atomic E-state index is 13.6. The van der Waals surface area contributed by atoms with E-state index in [1.54, 1.807) is 19.2 Å². The molecule has 25 heavy (non-hydrogen) atoms. The number of nitrogens with zero attached hydrogens (tertiary/aromatic N) is 1. The van der Waals surface area contributed by atoms with Crippen LogP contribution in [-0.2, 0) is 13.0 Å². The largest absolute Gasteiger partial charge is 0.496 e. The minimum Gasteiger partial charge on any atom is -0.496 e. The van der Waals surface area contributed by atoms with E-state index in [1.807, 2.05) is 37.3 Å². The predicted octanol–water partition coefficient (Wildman–Crippen LogP) is 3.75. The Balaban J connectivity index is 0.00000312. The van der Waals surface area contributed by atoms with Crippen LogP contribution in [0.4, 0.5) is 4.39 Å². The molecule has 2 rings (SSSR count). The van der Waals surface area contributed by atoms with Gasteiger partial charge in [-0.15, -0.1) is 24.0 Å². The van der Waals surface area contributed by atoms with E-state index in [-0.39, 0.29) is 29.8 Å². The summed E-state index contributed by atoms with van der Waals surface area (Å²) in [5.41, 5.74) is 1.72. The molecule has 0 spiro atoms. The Morgan fingerprint density at radius 1 is 1.04 bits per heavy atom. The van der Waals surface area contributed by atoms with Crippen molar-refractivity contribution in [3.05, 3.63) is 65.5 Å². The summed E-state index contributed by atoms with van der Waals surface area (Å²) in [6, 6.07) is 14.6. The Morgan fingerprint density at radius 2 is 1.72 bits per heavy atom. The van der Waals surface area contributed by atoms with Crippen molar-refractivity contribution in [2.24, 2.45) is 4.99 Å². The lowest BCUT2D eigenvalue weighted by atomic mass is 10.1. The van der Waals surface area contributed by atoms with Crippen LogP contribution in [0.3, 0.4) is 0 Å². The molecule has 0 aliphatic heterocycles. The molecule has 2 N–H and O–H groups in total. The van der Waals surface area contributed by atoms with Gasteiger partial charge in [-0.25, -0.2) is 9.38 Å². The third-order valence-corrected chi connectivity index (χ3v) is 3.59. The summed E-state index contributed by atoms with van der Waals surface area (Å²) in [4.78, 5) is 4.57. The van der Waals surface area contributed by atoms with Gasteiger partial charge in [0.2, 0.25) is 0 Å². The van der Waals surface area contributed by atoms with E-state index >= 15 is 0 Å². The summed E-state index contributed by atoms with van der Waals surface area (Å²) in [5.74, 6) is 1.36. The van der Waals surface area contributed by atoms with E-state index in [0.717, 1.165) is 17.9 Å². The number of methoxy groups -OCH3 is 1. The number of ether oxygens (including phenoxy) is 1. The molecular formula is C19H25FIN3O. The molecule has 2 aromatic carbocycles. The van der Waals surface area contributed by atoms with Crippen molar-refractivity contribution in [1.29, 1.82) is 0 Å². The number of hydrogen-bond acceptors (Lipinski definition) is 2. The fraction of sp³-hybridized carbons (Fsp3) is 0.316. The van der Waals surface area contributed by atoms with Crippen molar-refractivity contribution in [1.82, 2.24) is 10.6 Å². The fourth-order valence-corrected chi connectivity index (χ4v) is 2.36. The third-order valence-electron chi connectivity index (χ3n) is 3.59. The van der Waals surface area contributed by atoms with E-state index in [1.165, 1.54) is 6.07 Å². The van der Waals surface area contributed by atoms with Crippen LogP contribution in [0.5, 0.6) is 5.75 Å². The van der Waals surface area contributed by atoms with E-state index in [2.05, 4.69) is 15.6 Å². The van der Waals surface area contributed by atoms with Gasteiger partial charge in [-0.1, -0.05) is 36.4 Å². The molecule has 136 valence electrons. The van der Waals surface area contributed by atoms with Gasteiger partial charge in [-0.2, -0.15) is 0 Å². The Morgan fingerprint density at radius 3 is 2.40 bits per heavy atom. The number of hydrogen-bond donors (Lipinski definition) is 2. The van der Waals surface area contributed by atoms with Crippen molar-refractivity contribution < 1.29 is 9.13 Å². The molecule has 0 saturated carbocycles. The lowest BCUT2D eigenvalue weighted by Crippen LogP contribution is -2.38. The highest BCUT2D eigenvalue weighted by molar-refractivity contribution is 14.0. The summed E-state index contributed by atoms with van der Waals surface area (Å²) in [7, 11) is 1.65. The minimum atomic E-state index is -0.171. The van der Waals surface area contributed by atoms with Gasteiger partial charge in [0.1, 0.15) is 11.6 Å². The van der Waals surface area contributed by atoms with Crippen molar-refractivity contribution in [2.45, 2.75) is 19.9 Å². The molecule has 0 radical (unpaired) electrons. The average Bonchev–Trinajstić information content (AvgIpc) is 2.61. The first-order valence-corrected chi connectivity index (χ1v) is 8.12. The van der Waals surface area contributed by atoms with Gasteiger partial charge in [0.25, 0.3) is 0 Å². The second-order valence-electron chi connectivity index (χ2n) is 5.28. The molecule has 0 saturated heterocycles. The molecule has 2 aromatic rings. The fourth-order valence-electron chi connectivity index (χ4n) is 2.36. The van der Waals surface area contributed by atoms with Gasteiger partial charge in [0.05, 0.1) is 13.7 Å². The second kappa shape index (κ2) is 11.7. The monoisotopic (exact) mass is 457 g/mol. The van der Waals surface area contributed by atoms with Crippen molar-refractivity contribution >= 4 is 29.9 Å². The van der Waals surface area contributed by atoms with Crippen LogP contribution in [0.15, 0.2) is 53.5 Å². The highest BCUT2D eigenvalue weighted by atomic mass is 127. The van der Waals surface area contributed by atoms with Gasteiger partial charge >= 0.3 is 0 Å². The molecule has 0 aromatic heterocycles. The smallest absolute Gasteiger partial charge is 0.191 e.